The van der Waals surface area contributed by atoms with E-state index in [0.717, 1.165) is 15.6 Å². The van der Waals surface area contributed by atoms with Gasteiger partial charge in [-0.25, -0.2) is 13.4 Å². The first kappa shape index (κ1) is 18.4. The lowest BCUT2D eigenvalue weighted by Crippen LogP contribution is -2.15. The number of anilines is 1. The van der Waals surface area contributed by atoms with Crippen LogP contribution in [0.5, 0.6) is 5.75 Å². The summed E-state index contributed by atoms with van der Waals surface area (Å²) in [5, 5.41) is 0. The van der Waals surface area contributed by atoms with Gasteiger partial charge in [0.05, 0.1) is 4.90 Å². The number of nitrogens with one attached hydrogen (secondary N) is 1. The minimum absolute atomic E-state index is 0.149. The molecule has 1 heterocycles. The summed E-state index contributed by atoms with van der Waals surface area (Å²) in [4.78, 5) is 4.27. The predicted molar refractivity (Wildman–Crippen MR) is 105 cm³/mol. The summed E-state index contributed by atoms with van der Waals surface area (Å²) in [6, 6.07) is 17.6. The van der Waals surface area contributed by atoms with Crippen molar-refractivity contribution in [1.82, 2.24) is 4.98 Å². The maximum Gasteiger partial charge on any atom is 0.263 e. The lowest BCUT2D eigenvalue weighted by molar-refractivity contribution is 0.306. The highest BCUT2D eigenvalue weighted by molar-refractivity contribution is 9.10. The van der Waals surface area contributed by atoms with Crippen molar-refractivity contribution in [3.8, 4) is 5.75 Å². The third-order valence-corrected chi connectivity index (χ3v) is 5.65. The maximum atomic E-state index is 12.6. The summed E-state index contributed by atoms with van der Waals surface area (Å²) < 4.78 is 34.2. The minimum Gasteiger partial charge on any atom is -0.485 e. The number of aryl methyl sites for hydroxylation is 1. The van der Waals surface area contributed by atoms with E-state index in [2.05, 4.69) is 25.6 Å². The molecule has 0 fully saturated rings. The highest BCUT2D eigenvalue weighted by Gasteiger charge is 2.17. The van der Waals surface area contributed by atoms with E-state index in [-0.39, 0.29) is 10.7 Å². The van der Waals surface area contributed by atoms with Crippen molar-refractivity contribution in [3.05, 3.63) is 82.5 Å². The number of benzene rings is 2. The fourth-order valence-corrected chi connectivity index (χ4v) is 3.60. The SMILES string of the molecule is Cc1ccccc1COc1cccnc1NS(=O)(=O)c1ccc(Br)cc1. The summed E-state index contributed by atoms with van der Waals surface area (Å²) in [6.45, 7) is 2.32. The Morgan fingerprint density at radius 1 is 1.04 bits per heavy atom. The van der Waals surface area contributed by atoms with Gasteiger partial charge in [0.15, 0.2) is 11.6 Å². The first-order valence-corrected chi connectivity index (χ1v) is 10.1. The van der Waals surface area contributed by atoms with E-state index in [4.69, 9.17) is 4.74 Å². The molecule has 0 bridgehead atoms. The Labute approximate surface area is 161 Å². The molecule has 2 aromatic carbocycles. The normalized spacial score (nSPS) is 11.2. The standard InChI is InChI=1S/C19H17BrN2O3S/c1-14-5-2-3-6-15(14)13-25-18-7-4-12-21-19(18)22-26(23,24)17-10-8-16(20)9-11-17/h2-12H,13H2,1H3,(H,21,22). The molecule has 134 valence electrons. The number of sulfonamides is 1. The van der Waals surface area contributed by atoms with Crippen molar-refractivity contribution in [1.29, 1.82) is 0 Å². The smallest absolute Gasteiger partial charge is 0.263 e. The van der Waals surface area contributed by atoms with E-state index >= 15 is 0 Å². The van der Waals surface area contributed by atoms with Gasteiger partial charge in [-0.3, -0.25) is 4.72 Å². The minimum atomic E-state index is -3.76. The molecule has 1 N–H and O–H groups in total. The van der Waals surface area contributed by atoms with Crippen molar-refractivity contribution in [2.45, 2.75) is 18.4 Å². The number of halogens is 1. The number of hydrogen-bond acceptors (Lipinski definition) is 4. The Hall–Kier alpha value is -2.38. The fraction of sp³-hybridized carbons (Fsp3) is 0.105. The molecule has 0 aliphatic carbocycles. The van der Waals surface area contributed by atoms with Gasteiger partial charge in [0.25, 0.3) is 10.0 Å². The molecule has 0 unspecified atom stereocenters. The number of hydrogen-bond donors (Lipinski definition) is 1. The average Bonchev–Trinajstić information content (AvgIpc) is 2.62. The van der Waals surface area contributed by atoms with Crippen LogP contribution in [-0.2, 0) is 16.6 Å². The van der Waals surface area contributed by atoms with Crippen LogP contribution in [0.25, 0.3) is 0 Å². The molecule has 0 spiro atoms. The molecule has 0 aliphatic rings. The highest BCUT2D eigenvalue weighted by atomic mass is 79.9. The molecule has 0 saturated heterocycles. The Morgan fingerprint density at radius 3 is 2.50 bits per heavy atom. The summed E-state index contributed by atoms with van der Waals surface area (Å²) in [6.07, 6.45) is 1.51. The summed E-state index contributed by atoms with van der Waals surface area (Å²) in [5.41, 5.74) is 2.13. The van der Waals surface area contributed by atoms with Gasteiger partial charge in [0, 0.05) is 10.7 Å². The zero-order valence-electron chi connectivity index (χ0n) is 14.0. The molecule has 5 nitrogen and oxygen atoms in total. The predicted octanol–water partition coefficient (Wildman–Crippen LogP) is 4.53. The second-order valence-corrected chi connectivity index (χ2v) is 8.22. The second kappa shape index (κ2) is 7.88. The molecule has 0 atom stereocenters. The van der Waals surface area contributed by atoms with Gasteiger partial charge < -0.3 is 4.74 Å². The Morgan fingerprint density at radius 2 is 1.77 bits per heavy atom. The Balaban J connectivity index is 1.81. The summed E-state index contributed by atoms with van der Waals surface area (Å²) in [5.74, 6) is 0.528. The van der Waals surface area contributed by atoms with Gasteiger partial charge in [-0.15, -0.1) is 0 Å². The van der Waals surface area contributed by atoms with E-state index < -0.39 is 10.0 Å². The molecular weight excluding hydrogens is 416 g/mol. The number of ether oxygens (including phenoxy) is 1. The number of rotatable bonds is 6. The molecule has 1 aromatic heterocycles. The van der Waals surface area contributed by atoms with Crippen molar-refractivity contribution >= 4 is 31.8 Å². The van der Waals surface area contributed by atoms with Crippen molar-refractivity contribution in [2.75, 3.05) is 4.72 Å². The zero-order chi connectivity index (χ0) is 18.6. The first-order chi connectivity index (χ1) is 12.5. The van der Waals surface area contributed by atoms with Crippen LogP contribution in [0.2, 0.25) is 0 Å². The van der Waals surface area contributed by atoms with Crippen LogP contribution in [0, 0.1) is 6.92 Å². The van der Waals surface area contributed by atoms with Crippen LogP contribution in [0.3, 0.4) is 0 Å². The zero-order valence-corrected chi connectivity index (χ0v) is 16.4. The van der Waals surface area contributed by atoms with E-state index in [1.165, 1.54) is 18.3 Å². The Kier molecular flexibility index (Phi) is 5.58. The van der Waals surface area contributed by atoms with Gasteiger partial charge in [-0.1, -0.05) is 40.2 Å². The highest BCUT2D eigenvalue weighted by Crippen LogP contribution is 2.26. The van der Waals surface area contributed by atoms with Crippen LogP contribution >= 0.6 is 15.9 Å². The summed E-state index contributed by atoms with van der Waals surface area (Å²) in [7, 11) is -3.76. The van der Waals surface area contributed by atoms with Crippen LogP contribution < -0.4 is 9.46 Å². The molecule has 3 aromatic rings. The second-order valence-electron chi connectivity index (χ2n) is 5.62. The molecular formula is C19H17BrN2O3S. The van der Waals surface area contributed by atoms with Crippen LogP contribution in [0.4, 0.5) is 5.82 Å². The molecule has 3 rings (SSSR count). The molecule has 7 heteroatoms. The number of pyridine rings is 1. The van der Waals surface area contributed by atoms with E-state index in [1.807, 2.05) is 31.2 Å². The van der Waals surface area contributed by atoms with Gasteiger partial charge in [0.2, 0.25) is 0 Å². The lowest BCUT2D eigenvalue weighted by Gasteiger charge is -2.13. The molecule has 0 amide bonds. The average molecular weight is 433 g/mol. The maximum absolute atomic E-state index is 12.6. The van der Waals surface area contributed by atoms with Crippen LogP contribution in [0.15, 0.2) is 76.2 Å². The molecule has 0 saturated carbocycles. The van der Waals surface area contributed by atoms with Crippen molar-refractivity contribution in [3.63, 3.8) is 0 Å². The molecule has 0 aliphatic heterocycles. The number of nitrogens with zero attached hydrogens (tertiary/aromatic N) is 1. The Bertz CT molecular complexity index is 1010. The largest absolute Gasteiger partial charge is 0.485 e. The van der Waals surface area contributed by atoms with Gasteiger partial charge in [0.1, 0.15) is 6.61 Å². The van der Waals surface area contributed by atoms with Gasteiger partial charge in [-0.05, 0) is 54.4 Å². The van der Waals surface area contributed by atoms with Crippen molar-refractivity contribution < 1.29 is 13.2 Å². The first-order valence-electron chi connectivity index (χ1n) is 7.86. The van der Waals surface area contributed by atoms with E-state index in [0.29, 0.717) is 12.4 Å². The molecule has 26 heavy (non-hydrogen) atoms. The van der Waals surface area contributed by atoms with E-state index in [9.17, 15) is 8.42 Å². The monoisotopic (exact) mass is 432 g/mol. The molecule has 0 radical (unpaired) electrons. The van der Waals surface area contributed by atoms with Crippen LogP contribution in [0.1, 0.15) is 11.1 Å². The van der Waals surface area contributed by atoms with Crippen LogP contribution in [-0.4, -0.2) is 13.4 Å². The lowest BCUT2D eigenvalue weighted by atomic mass is 10.1. The summed E-state index contributed by atoms with van der Waals surface area (Å²) >= 11 is 3.29. The fourth-order valence-electron chi connectivity index (χ4n) is 2.31. The number of aromatic nitrogens is 1. The quantitative estimate of drug-likeness (QED) is 0.620. The van der Waals surface area contributed by atoms with E-state index in [1.54, 1.807) is 24.3 Å². The van der Waals surface area contributed by atoms with Gasteiger partial charge in [-0.2, -0.15) is 0 Å². The van der Waals surface area contributed by atoms with Gasteiger partial charge >= 0.3 is 0 Å². The third kappa shape index (κ3) is 4.42. The van der Waals surface area contributed by atoms with Crippen molar-refractivity contribution in [2.24, 2.45) is 0 Å². The topological polar surface area (TPSA) is 68.3 Å². The third-order valence-electron chi connectivity index (χ3n) is 3.77.